The van der Waals surface area contributed by atoms with E-state index in [9.17, 15) is 28.2 Å². The van der Waals surface area contributed by atoms with Gasteiger partial charge >= 0.3 is 12.1 Å². The van der Waals surface area contributed by atoms with E-state index >= 15 is 0 Å². The Bertz CT molecular complexity index is 968. The van der Waals surface area contributed by atoms with E-state index in [4.69, 9.17) is 17.0 Å². The van der Waals surface area contributed by atoms with Crippen LogP contribution in [0.3, 0.4) is 0 Å². The molecule has 6 nitrogen and oxygen atoms in total. The van der Waals surface area contributed by atoms with Crippen molar-refractivity contribution in [3.8, 4) is 11.5 Å². The van der Waals surface area contributed by atoms with Crippen LogP contribution in [0, 0.1) is 0 Å². The van der Waals surface area contributed by atoms with Gasteiger partial charge in [-0.05, 0) is 25.5 Å². The summed E-state index contributed by atoms with van der Waals surface area (Å²) in [6, 6.07) is 4.55. The van der Waals surface area contributed by atoms with Crippen LogP contribution in [0.5, 0.6) is 11.5 Å². The summed E-state index contributed by atoms with van der Waals surface area (Å²) in [6.07, 6.45) is -3.24. The Morgan fingerprint density at radius 2 is 1.81 bits per heavy atom. The Hall–Kier alpha value is -2.88. The first-order valence-electron chi connectivity index (χ1n) is 9.35. The molecule has 0 aliphatic heterocycles. The van der Waals surface area contributed by atoms with E-state index in [2.05, 4.69) is 4.98 Å². The summed E-state index contributed by atoms with van der Waals surface area (Å²) in [5.41, 5.74) is -0.883. The molecular weight excluding hydrogens is 433 g/mol. The van der Waals surface area contributed by atoms with Gasteiger partial charge in [0.05, 0.1) is 12.7 Å². The molecule has 31 heavy (non-hydrogen) atoms. The highest BCUT2D eigenvalue weighted by Gasteiger charge is 2.38. The maximum absolute atomic E-state index is 13.5. The molecule has 0 spiro atoms. The normalized spacial score (nSPS) is 14.4. The maximum Gasteiger partial charge on any atom is 0.416 e. The van der Waals surface area contributed by atoms with E-state index in [-0.39, 0.29) is 27.7 Å². The number of ether oxygens (including phenoxy) is 1. The number of alkyl halides is 3. The number of methoxy groups -OCH3 is 1. The molecule has 1 heterocycles. The molecule has 1 aromatic carbocycles. The highest BCUT2D eigenvalue weighted by Crippen LogP contribution is 2.38. The topological polar surface area (TPSA) is 82.9 Å². The van der Waals surface area contributed by atoms with Gasteiger partial charge in [0.2, 0.25) is 0 Å². The van der Waals surface area contributed by atoms with Gasteiger partial charge in [0, 0.05) is 24.2 Å². The summed E-state index contributed by atoms with van der Waals surface area (Å²) in [5.74, 6) is -2.29. The fourth-order valence-electron chi connectivity index (χ4n) is 3.37. The van der Waals surface area contributed by atoms with Crippen molar-refractivity contribution >= 4 is 23.2 Å². The summed E-state index contributed by atoms with van der Waals surface area (Å²) in [5, 5.41) is 20.0. The number of hydrogen-bond acceptors (Lipinski definition) is 5. The van der Waals surface area contributed by atoms with Gasteiger partial charge in [-0.2, -0.15) is 13.2 Å². The van der Waals surface area contributed by atoms with Gasteiger partial charge in [-0.25, -0.2) is 9.78 Å². The smallest absolute Gasteiger partial charge is 0.416 e. The average Bonchev–Trinajstić information content (AvgIpc) is 2.72. The highest BCUT2D eigenvalue weighted by atomic mass is 32.1. The van der Waals surface area contributed by atoms with E-state index in [1.54, 1.807) is 13.8 Å². The van der Waals surface area contributed by atoms with Gasteiger partial charge < -0.3 is 19.8 Å². The van der Waals surface area contributed by atoms with Gasteiger partial charge in [0.1, 0.15) is 16.7 Å². The summed E-state index contributed by atoms with van der Waals surface area (Å²) in [7, 11) is 1.33. The third-order valence-corrected chi connectivity index (χ3v) is 5.64. The second-order valence-electron chi connectivity index (χ2n) is 7.05. The van der Waals surface area contributed by atoms with Crippen LogP contribution in [0.15, 0.2) is 36.5 Å². The van der Waals surface area contributed by atoms with Crippen molar-refractivity contribution in [1.82, 2.24) is 9.88 Å². The average molecular weight is 456 g/mol. The molecule has 2 aromatic rings. The minimum atomic E-state index is -4.57. The zero-order valence-corrected chi connectivity index (χ0v) is 18.2. The Balaban J connectivity index is 2.55. The highest BCUT2D eigenvalue weighted by molar-refractivity contribution is 7.80. The molecule has 0 bridgehead atoms. The van der Waals surface area contributed by atoms with Gasteiger partial charge in [-0.1, -0.05) is 37.3 Å². The quantitative estimate of drug-likeness (QED) is 0.596. The summed E-state index contributed by atoms with van der Waals surface area (Å²) < 4.78 is 45.6. The molecule has 10 heteroatoms. The third-order valence-electron chi connectivity index (χ3n) is 5.24. The molecule has 0 fully saturated rings. The van der Waals surface area contributed by atoms with E-state index in [1.807, 2.05) is 0 Å². The number of halogens is 3. The van der Waals surface area contributed by atoms with E-state index < -0.39 is 35.7 Å². The predicted molar refractivity (Wildman–Crippen MR) is 112 cm³/mol. The van der Waals surface area contributed by atoms with Crippen LogP contribution < -0.4 is 4.74 Å². The monoisotopic (exact) mass is 456 g/mol. The number of aromatic hydroxyl groups is 1. The summed E-state index contributed by atoms with van der Waals surface area (Å²) in [4.78, 5) is 17.0. The van der Waals surface area contributed by atoms with Crippen molar-refractivity contribution in [3.63, 3.8) is 0 Å². The summed E-state index contributed by atoms with van der Waals surface area (Å²) in [6.45, 7) is 4.52. The lowest BCUT2D eigenvalue weighted by atomic mass is 9.88. The number of thiocarbonyl (C=S) groups is 1. The number of pyridine rings is 1. The van der Waals surface area contributed by atoms with Crippen molar-refractivity contribution in [1.29, 1.82) is 0 Å². The van der Waals surface area contributed by atoms with Crippen LogP contribution >= 0.6 is 12.2 Å². The Labute approximate surface area is 183 Å². The van der Waals surface area contributed by atoms with Crippen LogP contribution in [-0.4, -0.2) is 50.2 Å². The fraction of sp³-hybridized carbons (Fsp3) is 0.381. The molecule has 0 radical (unpaired) electrons. The number of aromatic nitrogens is 1. The summed E-state index contributed by atoms with van der Waals surface area (Å²) >= 11 is 5.45. The van der Waals surface area contributed by atoms with Crippen LogP contribution in [0.4, 0.5) is 13.2 Å². The molecule has 1 aromatic heterocycles. The zero-order chi connectivity index (χ0) is 23.5. The van der Waals surface area contributed by atoms with Crippen LogP contribution in [0.2, 0.25) is 0 Å². The molecule has 168 valence electrons. The number of carbonyl (C=O) groups is 1. The molecule has 0 aliphatic rings. The molecule has 2 N–H and O–H groups in total. The zero-order valence-electron chi connectivity index (χ0n) is 17.3. The number of benzene rings is 1. The number of carboxylic acids is 1. The number of carboxylic acid groups (broad SMARTS) is 1. The second kappa shape index (κ2) is 9.51. The Morgan fingerprint density at radius 3 is 2.35 bits per heavy atom. The Morgan fingerprint density at radius 1 is 1.19 bits per heavy atom. The number of hydrogen-bond donors (Lipinski definition) is 2. The third kappa shape index (κ3) is 5.07. The van der Waals surface area contributed by atoms with Crippen molar-refractivity contribution < 1.29 is 32.9 Å². The largest absolute Gasteiger partial charge is 0.503 e. The fourth-order valence-corrected chi connectivity index (χ4v) is 3.84. The maximum atomic E-state index is 13.5. The van der Waals surface area contributed by atoms with E-state index in [1.165, 1.54) is 49.4 Å². The molecule has 0 aliphatic carbocycles. The van der Waals surface area contributed by atoms with Gasteiger partial charge in [-0.15, -0.1) is 0 Å². The Kier molecular flexibility index (Phi) is 7.48. The molecule has 0 amide bonds. The van der Waals surface area contributed by atoms with Crippen LogP contribution in [0.25, 0.3) is 0 Å². The van der Waals surface area contributed by atoms with Gasteiger partial charge in [0.15, 0.2) is 11.5 Å². The first-order chi connectivity index (χ1) is 14.4. The standard InChI is InChI=1S/C21H23F3N2O4S/c1-11(14-7-5-6-8-15(14)21(22,23)24)12(2)26(13(3)20(28)29)19(31)17-18(27)16(30-4)9-10-25-17/h5-13,27H,1-4H3,(H,28,29). The molecule has 2 rings (SSSR count). The SMILES string of the molecule is COc1ccnc(C(=S)N(C(C)C(=O)O)C(C)C(C)c2ccccc2C(F)(F)F)c1O. The number of rotatable bonds is 7. The van der Waals surface area contributed by atoms with E-state index in [0.717, 1.165) is 6.07 Å². The minimum absolute atomic E-state index is 0.00992. The van der Waals surface area contributed by atoms with Gasteiger partial charge in [0.25, 0.3) is 0 Å². The minimum Gasteiger partial charge on any atom is -0.503 e. The first-order valence-corrected chi connectivity index (χ1v) is 9.76. The second-order valence-corrected chi connectivity index (χ2v) is 7.44. The predicted octanol–water partition coefficient (Wildman–Crippen LogP) is 4.46. The number of nitrogens with zero attached hydrogens (tertiary/aromatic N) is 2. The first kappa shape index (κ1) is 24.4. The molecule has 0 saturated heterocycles. The van der Waals surface area contributed by atoms with Crippen LogP contribution in [0.1, 0.15) is 43.5 Å². The number of aliphatic carboxylic acids is 1. The lowest BCUT2D eigenvalue weighted by molar-refractivity contribution is -0.142. The van der Waals surface area contributed by atoms with Gasteiger partial charge in [-0.3, -0.25) is 0 Å². The molecule has 0 saturated carbocycles. The van der Waals surface area contributed by atoms with Crippen molar-refractivity contribution in [2.75, 3.05) is 7.11 Å². The van der Waals surface area contributed by atoms with Crippen molar-refractivity contribution in [3.05, 3.63) is 53.3 Å². The molecular formula is C21H23F3N2O4S. The van der Waals surface area contributed by atoms with Crippen LogP contribution in [-0.2, 0) is 11.0 Å². The lowest BCUT2D eigenvalue weighted by Crippen LogP contribution is -2.50. The molecule has 3 unspecified atom stereocenters. The molecule has 3 atom stereocenters. The lowest BCUT2D eigenvalue weighted by Gasteiger charge is -2.38. The van der Waals surface area contributed by atoms with Crippen molar-refractivity contribution in [2.24, 2.45) is 0 Å². The van der Waals surface area contributed by atoms with E-state index in [0.29, 0.717) is 0 Å². The van der Waals surface area contributed by atoms with Crippen molar-refractivity contribution in [2.45, 2.75) is 44.9 Å².